The molecule has 2 heterocycles. The van der Waals surface area contributed by atoms with Gasteiger partial charge in [0.2, 0.25) is 5.91 Å². The van der Waals surface area contributed by atoms with Crippen molar-refractivity contribution < 1.29 is 22.7 Å². The van der Waals surface area contributed by atoms with Gasteiger partial charge in [0.05, 0.1) is 16.8 Å². The van der Waals surface area contributed by atoms with E-state index in [0.717, 1.165) is 22.4 Å². The van der Waals surface area contributed by atoms with Crippen LogP contribution in [0.1, 0.15) is 27.2 Å². The Labute approximate surface area is 186 Å². The Bertz CT molecular complexity index is 1140. The lowest BCUT2D eigenvalue weighted by atomic mass is 9.92. The molecule has 31 heavy (non-hydrogen) atoms. The SMILES string of the molecule is CCOc1ccc2c(c1)sc(=NC(=O)CS(=O)(=O)CC(=O)N1CC(C)CC(C)C1)n2C. The van der Waals surface area contributed by atoms with Crippen LogP contribution in [-0.2, 0) is 26.5 Å². The number of thiazole rings is 1. The minimum absolute atomic E-state index is 0.336. The lowest BCUT2D eigenvalue weighted by molar-refractivity contribution is -0.131. The first-order chi connectivity index (χ1) is 14.6. The van der Waals surface area contributed by atoms with Crippen molar-refractivity contribution in [1.29, 1.82) is 0 Å². The number of hydrogen-bond donors (Lipinski definition) is 0. The normalized spacial score (nSPS) is 20.3. The van der Waals surface area contributed by atoms with Crippen LogP contribution in [0.15, 0.2) is 23.2 Å². The fraction of sp³-hybridized carbons (Fsp3) is 0.571. The maximum absolute atomic E-state index is 12.5. The largest absolute Gasteiger partial charge is 0.494 e. The molecule has 2 amide bonds. The average molecular weight is 468 g/mol. The maximum atomic E-state index is 12.5. The summed E-state index contributed by atoms with van der Waals surface area (Å²) in [7, 11) is -2.13. The smallest absolute Gasteiger partial charge is 0.263 e. The lowest BCUT2D eigenvalue weighted by Gasteiger charge is -2.34. The minimum Gasteiger partial charge on any atom is -0.494 e. The van der Waals surface area contributed by atoms with E-state index in [-0.39, 0.29) is 0 Å². The molecule has 0 bridgehead atoms. The van der Waals surface area contributed by atoms with Crippen LogP contribution in [-0.4, -0.2) is 60.9 Å². The van der Waals surface area contributed by atoms with Gasteiger partial charge in [-0.05, 0) is 43.4 Å². The van der Waals surface area contributed by atoms with E-state index in [0.29, 0.717) is 36.3 Å². The number of benzene rings is 1. The molecule has 1 saturated heterocycles. The third kappa shape index (κ3) is 5.94. The van der Waals surface area contributed by atoms with E-state index in [1.165, 1.54) is 11.3 Å². The molecule has 0 aliphatic carbocycles. The number of rotatable bonds is 6. The lowest BCUT2D eigenvalue weighted by Crippen LogP contribution is -2.45. The van der Waals surface area contributed by atoms with Crippen molar-refractivity contribution in [2.75, 3.05) is 31.2 Å². The molecular weight excluding hydrogens is 438 g/mol. The first-order valence-corrected chi connectivity index (χ1v) is 13.0. The average Bonchev–Trinajstić information content (AvgIpc) is 2.95. The molecule has 0 spiro atoms. The number of aromatic nitrogens is 1. The van der Waals surface area contributed by atoms with Crippen molar-refractivity contribution in [3.05, 3.63) is 23.0 Å². The quantitative estimate of drug-likeness (QED) is 0.647. The van der Waals surface area contributed by atoms with Crippen molar-refractivity contribution in [1.82, 2.24) is 9.47 Å². The van der Waals surface area contributed by atoms with Crippen molar-refractivity contribution in [3.63, 3.8) is 0 Å². The minimum atomic E-state index is -3.90. The molecule has 0 saturated carbocycles. The monoisotopic (exact) mass is 467 g/mol. The van der Waals surface area contributed by atoms with Gasteiger partial charge >= 0.3 is 0 Å². The predicted molar refractivity (Wildman–Crippen MR) is 121 cm³/mol. The van der Waals surface area contributed by atoms with Gasteiger partial charge in [-0.2, -0.15) is 4.99 Å². The molecule has 3 rings (SSSR count). The summed E-state index contributed by atoms with van der Waals surface area (Å²) in [5.41, 5.74) is 0.867. The topological polar surface area (TPSA) is 98.0 Å². The fourth-order valence-electron chi connectivity index (χ4n) is 4.00. The number of ether oxygens (including phenoxy) is 1. The first kappa shape index (κ1) is 23.5. The van der Waals surface area contributed by atoms with Crippen LogP contribution in [0.4, 0.5) is 0 Å². The third-order valence-electron chi connectivity index (χ3n) is 5.22. The van der Waals surface area contributed by atoms with Crippen LogP contribution in [0.5, 0.6) is 5.75 Å². The summed E-state index contributed by atoms with van der Waals surface area (Å²) in [5, 5.41) is 0. The van der Waals surface area contributed by atoms with Crippen molar-refractivity contribution in [2.45, 2.75) is 27.2 Å². The summed E-state index contributed by atoms with van der Waals surface area (Å²) in [5.74, 6) is -1.27. The molecule has 8 nitrogen and oxygen atoms in total. The number of carbonyl (C=O) groups excluding carboxylic acids is 2. The Morgan fingerprint density at radius 3 is 2.52 bits per heavy atom. The van der Waals surface area contributed by atoms with Gasteiger partial charge in [-0.1, -0.05) is 25.2 Å². The van der Waals surface area contributed by atoms with Crippen LogP contribution in [0, 0.1) is 11.8 Å². The number of aryl methyl sites for hydroxylation is 1. The Hall–Kier alpha value is -2.20. The molecule has 2 atom stereocenters. The molecule has 2 aromatic rings. The Kier molecular flexibility index (Phi) is 7.20. The molecule has 0 N–H and O–H groups in total. The standard InChI is InChI=1S/C21H29N3O5S2/c1-5-29-16-6-7-17-18(9-16)30-21(23(17)4)22-19(25)12-31(27,28)13-20(26)24-10-14(2)8-15(3)11-24/h6-7,9,14-15H,5,8,10-13H2,1-4H3. The van der Waals surface area contributed by atoms with Gasteiger partial charge in [-0.3, -0.25) is 9.59 Å². The molecular formula is C21H29N3O5S2. The summed E-state index contributed by atoms with van der Waals surface area (Å²) in [6, 6.07) is 5.57. The molecule has 10 heteroatoms. The van der Waals surface area contributed by atoms with Crippen LogP contribution in [0.2, 0.25) is 0 Å². The summed E-state index contributed by atoms with van der Waals surface area (Å²) in [6.45, 7) is 7.65. The van der Waals surface area contributed by atoms with E-state index in [9.17, 15) is 18.0 Å². The Morgan fingerprint density at radius 1 is 1.19 bits per heavy atom. The number of piperidine rings is 1. The van der Waals surface area contributed by atoms with Gasteiger partial charge in [-0.15, -0.1) is 0 Å². The van der Waals surface area contributed by atoms with Gasteiger partial charge in [0.15, 0.2) is 14.6 Å². The van der Waals surface area contributed by atoms with Crippen molar-refractivity contribution >= 4 is 43.2 Å². The number of amides is 2. The summed E-state index contributed by atoms with van der Waals surface area (Å²) in [6.07, 6.45) is 1.02. The zero-order valence-electron chi connectivity index (χ0n) is 18.3. The van der Waals surface area contributed by atoms with Gasteiger partial charge < -0.3 is 14.2 Å². The second-order valence-electron chi connectivity index (χ2n) is 8.29. The fourth-order valence-corrected chi connectivity index (χ4v) is 6.17. The molecule has 1 fully saturated rings. The van der Waals surface area contributed by atoms with E-state index in [1.807, 2.05) is 25.1 Å². The Morgan fingerprint density at radius 2 is 1.87 bits per heavy atom. The van der Waals surface area contributed by atoms with Crippen LogP contribution in [0.25, 0.3) is 10.2 Å². The van der Waals surface area contributed by atoms with Gasteiger partial charge in [0.25, 0.3) is 5.91 Å². The summed E-state index contributed by atoms with van der Waals surface area (Å²) >= 11 is 1.28. The van der Waals surface area contributed by atoms with Crippen LogP contribution >= 0.6 is 11.3 Å². The second kappa shape index (κ2) is 9.52. The molecule has 1 aliphatic heterocycles. The second-order valence-corrected chi connectivity index (χ2v) is 11.4. The highest BCUT2D eigenvalue weighted by Gasteiger charge is 2.29. The third-order valence-corrected chi connectivity index (χ3v) is 7.69. The molecule has 1 aliphatic rings. The zero-order valence-corrected chi connectivity index (χ0v) is 20.0. The van der Waals surface area contributed by atoms with E-state index in [1.54, 1.807) is 16.5 Å². The number of hydrogen-bond acceptors (Lipinski definition) is 6. The number of carbonyl (C=O) groups is 2. The summed E-state index contributed by atoms with van der Waals surface area (Å²) < 4.78 is 33.1. The van der Waals surface area contributed by atoms with E-state index in [2.05, 4.69) is 18.8 Å². The highest BCUT2D eigenvalue weighted by Crippen LogP contribution is 2.23. The Balaban J connectivity index is 1.72. The van der Waals surface area contributed by atoms with Crippen LogP contribution < -0.4 is 9.54 Å². The number of likely N-dealkylation sites (tertiary alicyclic amines) is 1. The molecule has 2 unspecified atom stereocenters. The molecule has 1 aromatic heterocycles. The van der Waals surface area contributed by atoms with Crippen molar-refractivity contribution in [2.24, 2.45) is 23.9 Å². The van der Waals surface area contributed by atoms with Gasteiger partial charge in [-0.25, -0.2) is 8.42 Å². The molecule has 0 radical (unpaired) electrons. The highest BCUT2D eigenvalue weighted by molar-refractivity contribution is 7.92. The van der Waals surface area contributed by atoms with E-state index in [4.69, 9.17) is 4.74 Å². The number of nitrogens with zero attached hydrogens (tertiary/aromatic N) is 3. The van der Waals surface area contributed by atoms with Gasteiger partial charge in [0, 0.05) is 20.1 Å². The van der Waals surface area contributed by atoms with Crippen LogP contribution in [0.3, 0.4) is 0 Å². The maximum Gasteiger partial charge on any atom is 0.263 e. The number of fused-ring (bicyclic) bond motifs is 1. The molecule has 1 aromatic carbocycles. The predicted octanol–water partition coefficient (Wildman–Crippen LogP) is 1.99. The number of sulfone groups is 1. The highest BCUT2D eigenvalue weighted by atomic mass is 32.2. The molecule has 170 valence electrons. The first-order valence-electron chi connectivity index (χ1n) is 10.4. The van der Waals surface area contributed by atoms with Gasteiger partial charge in [0.1, 0.15) is 17.3 Å². The van der Waals surface area contributed by atoms with E-state index < -0.39 is 33.2 Å². The summed E-state index contributed by atoms with van der Waals surface area (Å²) in [4.78, 5) is 30.9. The van der Waals surface area contributed by atoms with E-state index >= 15 is 0 Å². The van der Waals surface area contributed by atoms with Crippen molar-refractivity contribution in [3.8, 4) is 5.75 Å². The zero-order chi connectivity index (χ0) is 22.8.